The van der Waals surface area contributed by atoms with Gasteiger partial charge in [0.1, 0.15) is 0 Å². The van der Waals surface area contributed by atoms with Gasteiger partial charge in [0, 0.05) is 25.9 Å². The zero-order valence-corrected chi connectivity index (χ0v) is 13.9. The predicted molar refractivity (Wildman–Crippen MR) is 87.8 cm³/mol. The molecule has 0 radical (unpaired) electrons. The van der Waals surface area contributed by atoms with Gasteiger partial charge in [-0.25, -0.2) is 0 Å². The molecular weight excluding hydrogens is 288 g/mol. The zero-order chi connectivity index (χ0) is 14.7. The van der Waals surface area contributed by atoms with E-state index in [1.807, 2.05) is 19.0 Å². The summed E-state index contributed by atoms with van der Waals surface area (Å²) in [6.07, 6.45) is 0. The minimum absolute atomic E-state index is 0.0200. The molecule has 0 aliphatic rings. The van der Waals surface area contributed by atoms with Crippen molar-refractivity contribution in [3.63, 3.8) is 0 Å². The highest BCUT2D eigenvalue weighted by Gasteiger charge is 2.12. The summed E-state index contributed by atoms with van der Waals surface area (Å²) in [6.45, 7) is 4.20. The number of nitrogens with zero attached hydrogens (tertiary/aromatic N) is 3. The molecule has 0 saturated carbocycles. The van der Waals surface area contributed by atoms with Gasteiger partial charge in [-0.1, -0.05) is 46.9 Å². The molecule has 2 N–H and O–H groups in total. The lowest BCUT2D eigenvalue weighted by atomic mass is 10.0. The smallest absolute Gasteiger partial charge is 0.208 e. The van der Waals surface area contributed by atoms with Gasteiger partial charge in [-0.15, -0.1) is 10.2 Å². The Kier molecular flexibility index (Phi) is 5.01. The van der Waals surface area contributed by atoms with E-state index < -0.39 is 0 Å². The third-order valence-electron chi connectivity index (χ3n) is 3.00. The summed E-state index contributed by atoms with van der Waals surface area (Å²) in [5.74, 6) is 0.812. The van der Waals surface area contributed by atoms with Gasteiger partial charge < -0.3 is 10.6 Å². The SMILES string of the molecule is Cc1ccc(C)c(C(N)CSc2nnc(N(C)C)s2)c1. The second-order valence-corrected chi connectivity index (χ2v) is 7.25. The van der Waals surface area contributed by atoms with Gasteiger partial charge in [0.25, 0.3) is 0 Å². The van der Waals surface area contributed by atoms with E-state index in [0.717, 1.165) is 15.2 Å². The number of rotatable bonds is 5. The summed E-state index contributed by atoms with van der Waals surface area (Å²) >= 11 is 3.27. The van der Waals surface area contributed by atoms with Crippen molar-refractivity contribution in [2.45, 2.75) is 24.2 Å². The first-order chi connectivity index (χ1) is 9.47. The molecule has 1 unspecified atom stereocenters. The second-order valence-electron chi connectivity index (χ2n) is 5.02. The highest BCUT2D eigenvalue weighted by Crippen LogP contribution is 2.30. The maximum atomic E-state index is 6.30. The van der Waals surface area contributed by atoms with Gasteiger partial charge in [0.05, 0.1) is 0 Å². The fourth-order valence-corrected chi connectivity index (χ4v) is 3.62. The van der Waals surface area contributed by atoms with Crippen molar-refractivity contribution >= 4 is 28.2 Å². The second kappa shape index (κ2) is 6.56. The van der Waals surface area contributed by atoms with Gasteiger partial charge in [-0.2, -0.15) is 0 Å². The fourth-order valence-electron chi connectivity index (χ4n) is 1.85. The first-order valence-electron chi connectivity index (χ1n) is 6.43. The number of hydrogen-bond donors (Lipinski definition) is 1. The summed E-state index contributed by atoms with van der Waals surface area (Å²) in [7, 11) is 3.94. The number of aromatic nitrogens is 2. The van der Waals surface area contributed by atoms with E-state index >= 15 is 0 Å². The molecule has 4 nitrogen and oxygen atoms in total. The molecule has 108 valence electrons. The molecule has 1 aromatic heterocycles. The lowest BCUT2D eigenvalue weighted by Crippen LogP contribution is -2.14. The topological polar surface area (TPSA) is 55.0 Å². The quantitative estimate of drug-likeness (QED) is 0.861. The average molecular weight is 308 g/mol. The summed E-state index contributed by atoms with van der Waals surface area (Å²) in [5.41, 5.74) is 10.0. The van der Waals surface area contributed by atoms with E-state index in [0.29, 0.717) is 0 Å². The summed E-state index contributed by atoms with van der Waals surface area (Å²) < 4.78 is 0.967. The van der Waals surface area contributed by atoms with Gasteiger partial charge in [0.2, 0.25) is 5.13 Å². The molecule has 1 atom stereocenters. The number of thioether (sulfide) groups is 1. The van der Waals surface area contributed by atoms with Gasteiger partial charge in [-0.05, 0) is 25.0 Å². The van der Waals surface area contributed by atoms with Gasteiger partial charge in [-0.3, -0.25) is 0 Å². The van der Waals surface area contributed by atoms with Crippen LogP contribution in [0, 0.1) is 13.8 Å². The fraction of sp³-hybridized carbons (Fsp3) is 0.429. The average Bonchev–Trinajstić information content (AvgIpc) is 2.88. The lowest BCUT2D eigenvalue weighted by Gasteiger charge is -2.14. The summed E-state index contributed by atoms with van der Waals surface area (Å²) in [4.78, 5) is 1.96. The first-order valence-corrected chi connectivity index (χ1v) is 8.24. The normalized spacial score (nSPS) is 12.4. The van der Waals surface area contributed by atoms with E-state index in [1.165, 1.54) is 16.7 Å². The van der Waals surface area contributed by atoms with Crippen LogP contribution in [0.1, 0.15) is 22.7 Å². The van der Waals surface area contributed by atoms with Gasteiger partial charge >= 0.3 is 0 Å². The van der Waals surface area contributed by atoms with E-state index in [-0.39, 0.29) is 6.04 Å². The predicted octanol–water partition coefficient (Wildman–Crippen LogP) is 3.01. The van der Waals surface area contributed by atoms with Crippen LogP contribution < -0.4 is 10.6 Å². The third kappa shape index (κ3) is 3.71. The van der Waals surface area contributed by atoms with Crippen LogP contribution in [0.2, 0.25) is 0 Å². The number of nitrogens with two attached hydrogens (primary N) is 1. The van der Waals surface area contributed by atoms with Crippen LogP contribution in [0.3, 0.4) is 0 Å². The molecule has 1 aromatic carbocycles. The Bertz CT molecular complexity index is 580. The van der Waals surface area contributed by atoms with Crippen LogP contribution in [0.5, 0.6) is 0 Å². The lowest BCUT2D eigenvalue weighted by molar-refractivity contribution is 0.820. The molecule has 0 fully saturated rings. The van der Waals surface area contributed by atoms with Crippen LogP contribution in [0.4, 0.5) is 5.13 Å². The molecule has 0 spiro atoms. The Morgan fingerprint density at radius 2 is 2.05 bits per heavy atom. The first kappa shape index (κ1) is 15.3. The minimum atomic E-state index is 0.0200. The molecule has 0 amide bonds. The highest BCUT2D eigenvalue weighted by atomic mass is 32.2. The molecule has 0 aliphatic carbocycles. The van der Waals surface area contributed by atoms with Crippen molar-refractivity contribution in [2.24, 2.45) is 5.73 Å². The van der Waals surface area contributed by atoms with Crippen LogP contribution >= 0.6 is 23.1 Å². The Hall–Kier alpha value is -1.11. The van der Waals surface area contributed by atoms with Crippen LogP contribution in [-0.2, 0) is 0 Å². The molecule has 2 rings (SSSR count). The Balaban J connectivity index is 2.00. The van der Waals surface area contributed by atoms with E-state index in [4.69, 9.17) is 5.73 Å². The maximum absolute atomic E-state index is 6.30. The van der Waals surface area contributed by atoms with E-state index in [9.17, 15) is 0 Å². The van der Waals surface area contributed by atoms with Crippen LogP contribution in [-0.4, -0.2) is 30.0 Å². The van der Waals surface area contributed by atoms with Crippen molar-refractivity contribution in [2.75, 3.05) is 24.7 Å². The zero-order valence-electron chi connectivity index (χ0n) is 12.3. The number of hydrogen-bond acceptors (Lipinski definition) is 6. The van der Waals surface area contributed by atoms with Crippen LogP contribution in [0.15, 0.2) is 22.5 Å². The Morgan fingerprint density at radius 1 is 1.30 bits per heavy atom. The maximum Gasteiger partial charge on any atom is 0.208 e. The molecule has 20 heavy (non-hydrogen) atoms. The van der Waals surface area contributed by atoms with Crippen molar-refractivity contribution in [3.05, 3.63) is 34.9 Å². The molecule has 2 aromatic rings. The Morgan fingerprint density at radius 3 is 2.70 bits per heavy atom. The summed E-state index contributed by atoms with van der Waals surface area (Å²) in [5, 5.41) is 9.23. The molecular formula is C14H20N4S2. The van der Waals surface area contributed by atoms with E-state index in [1.54, 1.807) is 23.1 Å². The third-order valence-corrected chi connectivity index (χ3v) is 5.34. The molecule has 0 saturated heterocycles. The van der Waals surface area contributed by atoms with Crippen molar-refractivity contribution in [3.8, 4) is 0 Å². The van der Waals surface area contributed by atoms with Crippen molar-refractivity contribution < 1.29 is 0 Å². The van der Waals surface area contributed by atoms with E-state index in [2.05, 4.69) is 42.2 Å². The molecule has 0 aliphatic heterocycles. The Labute approximate surface area is 128 Å². The van der Waals surface area contributed by atoms with Crippen molar-refractivity contribution in [1.82, 2.24) is 10.2 Å². The molecule has 1 heterocycles. The van der Waals surface area contributed by atoms with Gasteiger partial charge in [0.15, 0.2) is 4.34 Å². The standard InChI is InChI=1S/C14H20N4S2/c1-9-5-6-10(2)11(7-9)12(15)8-19-14-17-16-13(20-14)18(3)4/h5-7,12H,8,15H2,1-4H3. The number of benzene rings is 1. The largest absolute Gasteiger partial charge is 0.353 e. The van der Waals surface area contributed by atoms with Crippen molar-refractivity contribution in [1.29, 1.82) is 0 Å². The monoisotopic (exact) mass is 308 g/mol. The molecule has 6 heteroatoms. The minimum Gasteiger partial charge on any atom is -0.353 e. The number of anilines is 1. The highest BCUT2D eigenvalue weighted by molar-refractivity contribution is 8.01. The van der Waals surface area contributed by atoms with Crippen LogP contribution in [0.25, 0.3) is 0 Å². The summed E-state index contributed by atoms with van der Waals surface area (Å²) in [6, 6.07) is 6.44. The number of aryl methyl sites for hydroxylation is 2. The molecule has 0 bridgehead atoms.